The first kappa shape index (κ1) is 17.6. The molecule has 3 N–H and O–H groups in total. The first-order valence-corrected chi connectivity index (χ1v) is 8.25. The van der Waals surface area contributed by atoms with Gasteiger partial charge in [0.25, 0.3) is 5.91 Å². The highest BCUT2D eigenvalue weighted by atomic mass is 19.1. The molecular formula is C19H18FN3O3. The lowest BCUT2D eigenvalue weighted by Crippen LogP contribution is -2.42. The van der Waals surface area contributed by atoms with Crippen molar-refractivity contribution in [2.75, 3.05) is 5.32 Å². The van der Waals surface area contributed by atoms with E-state index in [4.69, 9.17) is 0 Å². The number of benzene rings is 2. The fourth-order valence-electron chi connectivity index (χ4n) is 2.68. The third-order valence-electron chi connectivity index (χ3n) is 4.11. The Morgan fingerprint density at radius 3 is 2.58 bits per heavy atom. The molecule has 2 aromatic carbocycles. The predicted molar refractivity (Wildman–Crippen MR) is 93.8 cm³/mol. The summed E-state index contributed by atoms with van der Waals surface area (Å²) in [5, 5.41) is 8.06. The van der Waals surface area contributed by atoms with Crippen molar-refractivity contribution in [1.82, 2.24) is 10.6 Å². The van der Waals surface area contributed by atoms with E-state index in [2.05, 4.69) is 16.0 Å². The van der Waals surface area contributed by atoms with Crippen LogP contribution in [0.5, 0.6) is 0 Å². The molecule has 0 saturated heterocycles. The summed E-state index contributed by atoms with van der Waals surface area (Å²) in [6.45, 7) is 0.272. The molecule has 0 aliphatic carbocycles. The molecule has 0 spiro atoms. The first-order valence-electron chi connectivity index (χ1n) is 8.25. The lowest BCUT2D eigenvalue weighted by Gasteiger charge is -2.14. The van der Waals surface area contributed by atoms with Gasteiger partial charge in [0.15, 0.2) is 0 Å². The van der Waals surface area contributed by atoms with Crippen molar-refractivity contribution in [3.05, 3.63) is 65.5 Å². The van der Waals surface area contributed by atoms with Gasteiger partial charge in [-0.1, -0.05) is 24.3 Å². The van der Waals surface area contributed by atoms with Crippen LogP contribution in [0.2, 0.25) is 0 Å². The predicted octanol–water partition coefficient (Wildman–Crippen LogP) is 1.97. The third-order valence-corrected chi connectivity index (χ3v) is 4.11. The minimum absolute atomic E-state index is 0.0793. The summed E-state index contributed by atoms with van der Waals surface area (Å²) in [6.07, 6.45) is 0.261. The van der Waals surface area contributed by atoms with Gasteiger partial charge in [0.1, 0.15) is 11.9 Å². The van der Waals surface area contributed by atoms with Gasteiger partial charge in [0.05, 0.1) is 11.3 Å². The monoisotopic (exact) mass is 355 g/mol. The zero-order valence-electron chi connectivity index (χ0n) is 13.9. The third kappa shape index (κ3) is 4.24. The second-order valence-corrected chi connectivity index (χ2v) is 6.00. The lowest BCUT2D eigenvalue weighted by atomic mass is 10.1. The number of para-hydroxylation sites is 1. The van der Waals surface area contributed by atoms with E-state index in [0.29, 0.717) is 11.3 Å². The summed E-state index contributed by atoms with van der Waals surface area (Å²) in [7, 11) is 0. The Balaban J connectivity index is 1.52. The van der Waals surface area contributed by atoms with Gasteiger partial charge in [-0.3, -0.25) is 14.4 Å². The van der Waals surface area contributed by atoms with Crippen LogP contribution in [0.15, 0.2) is 48.5 Å². The van der Waals surface area contributed by atoms with Gasteiger partial charge in [0.2, 0.25) is 11.8 Å². The quantitative estimate of drug-likeness (QED) is 0.766. The largest absolute Gasteiger partial charge is 0.352 e. The fraction of sp³-hybridized carbons (Fsp3) is 0.211. The molecule has 1 aliphatic heterocycles. The van der Waals surface area contributed by atoms with Crippen molar-refractivity contribution in [3.8, 4) is 0 Å². The summed E-state index contributed by atoms with van der Waals surface area (Å²) in [5.41, 5.74) is 1.62. The van der Waals surface area contributed by atoms with Gasteiger partial charge in [0, 0.05) is 13.0 Å². The molecule has 1 heterocycles. The standard InChI is InChI=1S/C19H18FN3O3/c20-13-7-5-12(6-8-13)11-21-17(24)10-9-16-19(26)22-15-4-2-1-3-14(15)18(25)23-16/h1-8,16H,9-11H2,(H,21,24)(H,22,26)(H,23,25)/t16-/m0/s1. The highest BCUT2D eigenvalue weighted by molar-refractivity contribution is 6.09. The number of anilines is 1. The first-order chi connectivity index (χ1) is 12.5. The minimum atomic E-state index is -0.786. The van der Waals surface area contributed by atoms with Gasteiger partial charge < -0.3 is 16.0 Å². The summed E-state index contributed by atoms with van der Waals surface area (Å²) in [5.74, 6) is -1.29. The van der Waals surface area contributed by atoms with Crippen LogP contribution in [-0.2, 0) is 16.1 Å². The number of rotatable bonds is 5. The SMILES string of the molecule is O=C(CC[C@@H]1NC(=O)c2ccccc2NC1=O)NCc1ccc(F)cc1. The van der Waals surface area contributed by atoms with E-state index >= 15 is 0 Å². The number of fused-ring (bicyclic) bond motifs is 1. The molecule has 26 heavy (non-hydrogen) atoms. The van der Waals surface area contributed by atoms with Crippen LogP contribution >= 0.6 is 0 Å². The average molecular weight is 355 g/mol. The van der Waals surface area contributed by atoms with Crippen LogP contribution in [0.3, 0.4) is 0 Å². The topological polar surface area (TPSA) is 87.3 Å². The molecule has 6 nitrogen and oxygen atoms in total. The van der Waals surface area contributed by atoms with Crippen molar-refractivity contribution in [2.45, 2.75) is 25.4 Å². The number of hydrogen-bond donors (Lipinski definition) is 3. The van der Waals surface area contributed by atoms with Crippen molar-refractivity contribution >= 4 is 23.4 Å². The molecular weight excluding hydrogens is 337 g/mol. The molecule has 2 aromatic rings. The Labute approximate surface area is 149 Å². The Hall–Kier alpha value is -3.22. The number of carbonyl (C=O) groups excluding carboxylic acids is 3. The Kier molecular flexibility index (Phi) is 5.26. The van der Waals surface area contributed by atoms with E-state index in [0.717, 1.165) is 5.56 Å². The molecule has 0 fully saturated rings. The number of carbonyl (C=O) groups is 3. The zero-order chi connectivity index (χ0) is 18.5. The Morgan fingerprint density at radius 2 is 1.81 bits per heavy atom. The Morgan fingerprint density at radius 1 is 1.08 bits per heavy atom. The molecule has 3 amide bonds. The van der Waals surface area contributed by atoms with Crippen LogP contribution in [0, 0.1) is 5.82 Å². The summed E-state index contributed by atoms with van der Waals surface area (Å²) in [6, 6.07) is 11.8. The molecule has 7 heteroatoms. The van der Waals surface area contributed by atoms with Gasteiger partial charge in [-0.05, 0) is 36.2 Å². The number of halogens is 1. The van der Waals surface area contributed by atoms with Crippen LogP contribution in [0.4, 0.5) is 10.1 Å². The fourth-order valence-corrected chi connectivity index (χ4v) is 2.68. The van der Waals surface area contributed by atoms with Gasteiger partial charge in [-0.25, -0.2) is 4.39 Å². The van der Waals surface area contributed by atoms with Crippen molar-refractivity contribution < 1.29 is 18.8 Å². The van der Waals surface area contributed by atoms with Gasteiger partial charge >= 0.3 is 0 Å². The van der Waals surface area contributed by atoms with Crippen LogP contribution in [0.25, 0.3) is 0 Å². The molecule has 0 bridgehead atoms. The van der Waals surface area contributed by atoms with E-state index in [1.54, 1.807) is 36.4 Å². The maximum absolute atomic E-state index is 12.9. The maximum atomic E-state index is 12.9. The van der Waals surface area contributed by atoms with Crippen molar-refractivity contribution in [1.29, 1.82) is 0 Å². The Bertz CT molecular complexity index is 836. The highest BCUT2D eigenvalue weighted by Gasteiger charge is 2.27. The highest BCUT2D eigenvalue weighted by Crippen LogP contribution is 2.19. The van der Waals surface area contributed by atoms with E-state index in [-0.39, 0.29) is 42.9 Å². The van der Waals surface area contributed by atoms with Crippen LogP contribution in [-0.4, -0.2) is 23.8 Å². The molecule has 134 valence electrons. The van der Waals surface area contributed by atoms with E-state index in [1.807, 2.05) is 0 Å². The molecule has 1 aliphatic rings. The molecule has 0 radical (unpaired) electrons. The smallest absolute Gasteiger partial charge is 0.254 e. The molecule has 1 atom stereocenters. The van der Waals surface area contributed by atoms with Gasteiger partial charge in [-0.15, -0.1) is 0 Å². The molecule has 0 saturated carbocycles. The van der Waals surface area contributed by atoms with Crippen LogP contribution < -0.4 is 16.0 Å². The second-order valence-electron chi connectivity index (χ2n) is 6.00. The summed E-state index contributed by atoms with van der Waals surface area (Å²) < 4.78 is 12.9. The van der Waals surface area contributed by atoms with E-state index in [9.17, 15) is 18.8 Å². The molecule has 3 rings (SSSR count). The van der Waals surface area contributed by atoms with E-state index < -0.39 is 6.04 Å². The molecule has 0 unspecified atom stereocenters. The number of nitrogens with one attached hydrogen (secondary N) is 3. The second kappa shape index (κ2) is 7.77. The van der Waals surface area contributed by atoms with Crippen molar-refractivity contribution in [3.63, 3.8) is 0 Å². The zero-order valence-corrected chi connectivity index (χ0v) is 13.9. The molecule has 0 aromatic heterocycles. The van der Waals surface area contributed by atoms with E-state index in [1.165, 1.54) is 12.1 Å². The summed E-state index contributed by atoms with van der Waals surface area (Å²) in [4.78, 5) is 36.5. The number of hydrogen-bond acceptors (Lipinski definition) is 3. The average Bonchev–Trinajstić information content (AvgIpc) is 2.76. The lowest BCUT2D eigenvalue weighted by molar-refractivity contribution is -0.122. The number of amides is 3. The maximum Gasteiger partial charge on any atom is 0.254 e. The summed E-state index contributed by atoms with van der Waals surface area (Å²) >= 11 is 0. The minimum Gasteiger partial charge on any atom is -0.352 e. The van der Waals surface area contributed by atoms with Crippen LogP contribution in [0.1, 0.15) is 28.8 Å². The normalized spacial score (nSPS) is 16.1. The van der Waals surface area contributed by atoms with Crippen molar-refractivity contribution in [2.24, 2.45) is 0 Å². The van der Waals surface area contributed by atoms with Gasteiger partial charge in [-0.2, -0.15) is 0 Å².